The predicted octanol–water partition coefficient (Wildman–Crippen LogP) is -0.424. The normalized spacial score (nSPS) is 16.9. The summed E-state index contributed by atoms with van der Waals surface area (Å²) in [4.78, 5) is 30.0. The van der Waals surface area contributed by atoms with E-state index in [9.17, 15) is 18.0 Å². The number of carbonyl (C=O) groups is 2. The van der Waals surface area contributed by atoms with Crippen molar-refractivity contribution in [1.82, 2.24) is 19.6 Å². The molecule has 0 atom stereocenters. The molecule has 1 aromatic rings. The van der Waals surface area contributed by atoms with Crippen molar-refractivity contribution in [2.45, 2.75) is 12.8 Å². The Morgan fingerprint density at radius 3 is 2.30 bits per heavy atom. The third-order valence-electron chi connectivity index (χ3n) is 3.70. The Morgan fingerprint density at radius 2 is 1.83 bits per heavy atom. The summed E-state index contributed by atoms with van der Waals surface area (Å²) in [6.07, 6.45) is 4.69. The molecule has 0 bridgehead atoms. The van der Waals surface area contributed by atoms with Crippen LogP contribution in [0.4, 0.5) is 0 Å². The van der Waals surface area contributed by atoms with E-state index in [1.54, 1.807) is 0 Å². The van der Waals surface area contributed by atoms with Gasteiger partial charge in [-0.25, -0.2) is 27.5 Å². The minimum absolute atomic E-state index is 0.0450. The Kier molecular flexibility index (Phi) is 5.26. The van der Waals surface area contributed by atoms with Crippen LogP contribution in [0.25, 0.3) is 0 Å². The number of carbonyl (C=O) groups excluding carboxylic acids is 1. The van der Waals surface area contributed by atoms with Crippen LogP contribution in [0.15, 0.2) is 12.4 Å². The van der Waals surface area contributed by atoms with Crippen molar-refractivity contribution in [2.24, 2.45) is 5.92 Å². The van der Waals surface area contributed by atoms with E-state index < -0.39 is 21.9 Å². The Labute approximate surface area is 133 Å². The van der Waals surface area contributed by atoms with E-state index in [1.807, 2.05) is 0 Å². The van der Waals surface area contributed by atoms with Crippen molar-refractivity contribution < 1.29 is 23.1 Å². The van der Waals surface area contributed by atoms with Gasteiger partial charge in [-0.2, -0.15) is 0 Å². The van der Waals surface area contributed by atoms with Crippen molar-refractivity contribution in [2.75, 3.05) is 25.9 Å². The van der Waals surface area contributed by atoms with Gasteiger partial charge in [0.1, 0.15) is 5.69 Å². The molecule has 126 valence electrons. The topological polar surface area (TPSA) is 130 Å². The summed E-state index contributed by atoms with van der Waals surface area (Å²) in [6, 6.07) is 0. The average Bonchev–Trinajstić information content (AvgIpc) is 2.52. The summed E-state index contributed by atoms with van der Waals surface area (Å²) in [6.45, 7) is 1.32. The highest BCUT2D eigenvalue weighted by molar-refractivity contribution is 7.88. The first-order valence-electron chi connectivity index (χ1n) is 7.06. The van der Waals surface area contributed by atoms with E-state index >= 15 is 0 Å². The second kappa shape index (κ2) is 7.01. The summed E-state index contributed by atoms with van der Waals surface area (Å²) in [7, 11) is -3.15. The fraction of sp³-hybridized carbons (Fsp3) is 0.538. The third kappa shape index (κ3) is 4.70. The minimum atomic E-state index is -3.15. The number of carboxylic acids is 1. The molecular weight excluding hydrogens is 324 g/mol. The maximum absolute atomic E-state index is 11.9. The van der Waals surface area contributed by atoms with E-state index in [4.69, 9.17) is 5.11 Å². The number of carboxylic acid groups (broad SMARTS) is 1. The Balaban J connectivity index is 1.82. The highest BCUT2D eigenvalue weighted by atomic mass is 32.2. The molecule has 2 heterocycles. The van der Waals surface area contributed by atoms with E-state index in [-0.39, 0.29) is 17.3 Å². The largest absolute Gasteiger partial charge is 0.476 e. The zero-order valence-electron chi connectivity index (χ0n) is 12.6. The maximum atomic E-state index is 11.9. The van der Waals surface area contributed by atoms with Crippen molar-refractivity contribution in [1.29, 1.82) is 0 Å². The van der Waals surface area contributed by atoms with Crippen LogP contribution < -0.4 is 5.32 Å². The molecule has 0 saturated carbocycles. The van der Waals surface area contributed by atoms with Crippen LogP contribution in [0, 0.1) is 5.92 Å². The lowest BCUT2D eigenvalue weighted by atomic mass is 9.98. The number of nitrogens with zero attached hydrogens (tertiary/aromatic N) is 3. The van der Waals surface area contributed by atoms with Crippen LogP contribution in [0.3, 0.4) is 0 Å². The molecule has 1 aliphatic heterocycles. The number of nitrogens with one attached hydrogen (secondary N) is 1. The van der Waals surface area contributed by atoms with Crippen molar-refractivity contribution in [3.63, 3.8) is 0 Å². The number of amides is 1. The molecule has 2 rings (SSSR count). The van der Waals surface area contributed by atoms with Gasteiger partial charge in [0.05, 0.1) is 18.6 Å². The summed E-state index contributed by atoms with van der Waals surface area (Å²) in [5.74, 6) is -1.44. The lowest BCUT2D eigenvalue weighted by Gasteiger charge is -2.30. The molecule has 1 aromatic heterocycles. The van der Waals surface area contributed by atoms with Crippen LogP contribution >= 0.6 is 0 Å². The predicted molar refractivity (Wildman–Crippen MR) is 80.5 cm³/mol. The zero-order valence-corrected chi connectivity index (χ0v) is 13.4. The molecule has 2 N–H and O–H groups in total. The maximum Gasteiger partial charge on any atom is 0.356 e. The first-order valence-corrected chi connectivity index (χ1v) is 8.91. The molecule has 1 saturated heterocycles. The molecule has 1 aliphatic rings. The summed E-state index contributed by atoms with van der Waals surface area (Å²) < 4.78 is 24.3. The number of sulfonamides is 1. The average molecular weight is 342 g/mol. The van der Waals surface area contributed by atoms with Crippen molar-refractivity contribution in [3.05, 3.63) is 23.8 Å². The molecule has 0 spiro atoms. The second-order valence-corrected chi connectivity index (χ2v) is 7.39. The molecule has 0 unspecified atom stereocenters. The molecular formula is C13H18N4O5S. The SMILES string of the molecule is CS(=O)(=O)N1CCC(CNC(=O)c2cnc(C(=O)O)cn2)CC1. The number of piperidine rings is 1. The highest BCUT2D eigenvalue weighted by Crippen LogP contribution is 2.18. The number of rotatable bonds is 5. The number of hydrogen-bond donors (Lipinski definition) is 2. The van der Waals surface area contributed by atoms with E-state index in [2.05, 4.69) is 15.3 Å². The first-order chi connectivity index (χ1) is 10.8. The number of aromatic carboxylic acids is 1. The summed E-state index contributed by atoms with van der Waals surface area (Å²) in [5.41, 5.74) is -0.182. The Bertz CT molecular complexity index is 681. The third-order valence-corrected chi connectivity index (χ3v) is 5.00. The van der Waals surface area contributed by atoms with Crippen LogP contribution in [-0.2, 0) is 10.0 Å². The molecule has 0 aliphatic carbocycles. The van der Waals surface area contributed by atoms with Crippen LogP contribution in [0.1, 0.15) is 33.8 Å². The fourth-order valence-corrected chi connectivity index (χ4v) is 3.20. The van der Waals surface area contributed by atoms with Gasteiger partial charge >= 0.3 is 5.97 Å². The zero-order chi connectivity index (χ0) is 17.0. The van der Waals surface area contributed by atoms with Crippen LogP contribution in [-0.4, -0.2) is 65.6 Å². The highest BCUT2D eigenvalue weighted by Gasteiger charge is 2.25. The van der Waals surface area contributed by atoms with Gasteiger partial charge in [-0.05, 0) is 18.8 Å². The van der Waals surface area contributed by atoms with Gasteiger partial charge in [0.25, 0.3) is 5.91 Å². The monoisotopic (exact) mass is 342 g/mol. The molecule has 10 heteroatoms. The fourth-order valence-electron chi connectivity index (χ4n) is 2.33. The van der Waals surface area contributed by atoms with Crippen molar-refractivity contribution in [3.8, 4) is 0 Å². The molecule has 0 aromatic carbocycles. The summed E-state index contributed by atoms with van der Waals surface area (Å²) in [5, 5.41) is 11.4. The van der Waals surface area contributed by atoms with E-state index in [0.29, 0.717) is 32.5 Å². The minimum Gasteiger partial charge on any atom is -0.476 e. The Hall–Kier alpha value is -2.07. The van der Waals surface area contributed by atoms with Gasteiger partial charge in [0.2, 0.25) is 10.0 Å². The smallest absolute Gasteiger partial charge is 0.356 e. The lowest BCUT2D eigenvalue weighted by Crippen LogP contribution is -2.41. The molecule has 1 amide bonds. The van der Waals surface area contributed by atoms with Crippen LogP contribution in [0.2, 0.25) is 0 Å². The quantitative estimate of drug-likeness (QED) is 0.743. The molecule has 1 fully saturated rings. The number of aromatic nitrogens is 2. The van der Waals surface area contributed by atoms with Gasteiger partial charge in [0.15, 0.2) is 5.69 Å². The van der Waals surface area contributed by atoms with Gasteiger partial charge in [-0.15, -0.1) is 0 Å². The first kappa shape index (κ1) is 17.3. The van der Waals surface area contributed by atoms with Gasteiger partial charge < -0.3 is 10.4 Å². The molecule has 23 heavy (non-hydrogen) atoms. The Morgan fingerprint density at radius 1 is 1.26 bits per heavy atom. The summed E-state index contributed by atoms with van der Waals surface area (Å²) >= 11 is 0. The standard InChI is InChI=1S/C13H18N4O5S/c1-23(21,22)17-4-2-9(3-5-17)6-16-12(18)10-7-15-11(8-14-10)13(19)20/h7-9H,2-6H2,1H3,(H,16,18)(H,19,20). The second-order valence-electron chi connectivity index (χ2n) is 5.41. The van der Waals surface area contributed by atoms with Crippen molar-refractivity contribution >= 4 is 21.9 Å². The van der Waals surface area contributed by atoms with E-state index in [0.717, 1.165) is 12.4 Å². The van der Waals surface area contributed by atoms with Crippen LogP contribution in [0.5, 0.6) is 0 Å². The lowest BCUT2D eigenvalue weighted by molar-refractivity contribution is 0.0689. The van der Waals surface area contributed by atoms with Gasteiger partial charge in [-0.1, -0.05) is 0 Å². The van der Waals surface area contributed by atoms with Gasteiger partial charge in [0, 0.05) is 19.6 Å². The molecule has 0 radical (unpaired) electrons. The molecule has 9 nitrogen and oxygen atoms in total. The van der Waals surface area contributed by atoms with Gasteiger partial charge in [-0.3, -0.25) is 4.79 Å². The van der Waals surface area contributed by atoms with E-state index in [1.165, 1.54) is 10.6 Å². The number of hydrogen-bond acceptors (Lipinski definition) is 6.